The third kappa shape index (κ3) is 7.15. The fourth-order valence-corrected chi connectivity index (χ4v) is 5.76. The van der Waals surface area contributed by atoms with Crippen LogP contribution in [-0.4, -0.2) is 42.5 Å². The maximum atomic E-state index is 10.3. The van der Waals surface area contributed by atoms with Crippen molar-refractivity contribution in [2.45, 2.75) is 45.1 Å². The molecule has 1 unspecified atom stereocenters. The van der Waals surface area contributed by atoms with Gasteiger partial charge in [-0.2, -0.15) is 5.26 Å². The van der Waals surface area contributed by atoms with Gasteiger partial charge in [0, 0.05) is 26.2 Å². The molecule has 0 amide bonds. The van der Waals surface area contributed by atoms with Gasteiger partial charge in [-0.15, -0.1) is 24.8 Å². The summed E-state index contributed by atoms with van der Waals surface area (Å²) in [7, 11) is 0. The van der Waals surface area contributed by atoms with E-state index in [1.165, 1.54) is 22.3 Å². The van der Waals surface area contributed by atoms with Gasteiger partial charge < -0.3 is 4.90 Å². The molecular weight excluding hydrogens is 497 g/mol. The topological polar surface area (TPSA) is 30.3 Å². The summed E-state index contributed by atoms with van der Waals surface area (Å²) in [4.78, 5) is 5.21. The summed E-state index contributed by atoms with van der Waals surface area (Å²) in [5.41, 5.74) is 4.74. The number of hydrogen-bond donors (Lipinski definition) is 0. The number of nitrogens with zero attached hydrogens (tertiary/aromatic N) is 3. The van der Waals surface area contributed by atoms with Crippen molar-refractivity contribution in [3.05, 3.63) is 107 Å². The van der Waals surface area contributed by atoms with E-state index in [0.717, 1.165) is 45.6 Å². The maximum absolute atomic E-state index is 10.3. The van der Waals surface area contributed by atoms with E-state index in [-0.39, 0.29) is 30.7 Å². The van der Waals surface area contributed by atoms with Crippen molar-refractivity contribution in [1.82, 2.24) is 9.80 Å². The lowest BCUT2D eigenvalue weighted by Gasteiger charge is -2.40. The van der Waals surface area contributed by atoms with E-state index >= 15 is 0 Å². The monoisotopic (exact) mass is 537 g/mol. The molecule has 37 heavy (non-hydrogen) atoms. The van der Waals surface area contributed by atoms with Crippen LogP contribution in [0.25, 0.3) is 0 Å². The molecule has 1 saturated heterocycles. The molecule has 0 N–H and O–H groups in total. The van der Waals surface area contributed by atoms with Gasteiger partial charge in [-0.05, 0) is 54.5 Å². The quantitative estimate of drug-likeness (QED) is 0.284. The lowest BCUT2D eigenvalue weighted by molar-refractivity contribution is 0.106. The number of aryl methyl sites for hydroxylation is 1. The van der Waals surface area contributed by atoms with Crippen LogP contribution in [0.1, 0.15) is 55.0 Å². The van der Waals surface area contributed by atoms with Crippen LogP contribution >= 0.6 is 24.8 Å². The third-order valence-corrected chi connectivity index (χ3v) is 7.86. The number of piperazine rings is 1. The van der Waals surface area contributed by atoms with Gasteiger partial charge in [0.15, 0.2) is 0 Å². The van der Waals surface area contributed by atoms with Crippen molar-refractivity contribution in [2.75, 3.05) is 32.7 Å². The highest BCUT2D eigenvalue weighted by molar-refractivity contribution is 5.85. The molecule has 1 atom stereocenters. The molecule has 198 valence electrons. The zero-order valence-corrected chi connectivity index (χ0v) is 24.0. The molecule has 3 nitrogen and oxygen atoms in total. The summed E-state index contributed by atoms with van der Waals surface area (Å²) in [5, 5.41) is 10.3. The Bertz CT molecular complexity index is 1070. The smallest absolute Gasteiger partial charge is 0.0848 e. The Kier molecular flexibility index (Phi) is 12.1. The van der Waals surface area contributed by atoms with E-state index in [9.17, 15) is 5.26 Å². The molecule has 0 aliphatic carbocycles. The fraction of sp³-hybridized carbons (Fsp3) is 0.406. The Balaban J connectivity index is 0.00000241. The molecule has 1 aliphatic heterocycles. The van der Waals surface area contributed by atoms with Crippen LogP contribution < -0.4 is 0 Å². The highest BCUT2D eigenvalue weighted by Gasteiger charge is 2.37. The Morgan fingerprint density at radius 1 is 0.784 bits per heavy atom. The number of hydrogen-bond acceptors (Lipinski definition) is 3. The summed E-state index contributed by atoms with van der Waals surface area (Å²) in [5.74, 6) is 0.281. The Morgan fingerprint density at radius 2 is 1.30 bits per heavy atom. The lowest BCUT2D eigenvalue weighted by Crippen LogP contribution is -2.48. The number of halogens is 2. The standard InChI is InChI=1S/C32H39N3.2ClH/c1-26(2)32(25-33,30-18-11-10-13-27(30)3)19-12-20-34-21-23-35(24-22-34)31(28-14-6-4-7-15-28)29-16-8-5-9-17-29;;/h4-11,13-18,26,31H,12,19-24H2,1-3H3;2*1H. The predicted octanol–water partition coefficient (Wildman–Crippen LogP) is 7.44. The van der Waals surface area contributed by atoms with Crippen LogP contribution in [0.15, 0.2) is 84.9 Å². The Morgan fingerprint density at radius 3 is 1.78 bits per heavy atom. The lowest BCUT2D eigenvalue weighted by atomic mass is 9.68. The van der Waals surface area contributed by atoms with Gasteiger partial charge in [0.1, 0.15) is 0 Å². The minimum atomic E-state index is -0.418. The van der Waals surface area contributed by atoms with E-state index < -0.39 is 5.41 Å². The summed E-state index contributed by atoms with van der Waals surface area (Å²) in [6.07, 6.45) is 1.95. The first kappa shape index (κ1) is 30.9. The van der Waals surface area contributed by atoms with Gasteiger partial charge in [0.25, 0.3) is 0 Å². The average Bonchev–Trinajstić information content (AvgIpc) is 2.89. The molecule has 1 fully saturated rings. The number of nitriles is 1. The van der Waals surface area contributed by atoms with Crippen molar-refractivity contribution in [2.24, 2.45) is 5.92 Å². The first-order valence-corrected chi connectivity index (χ1v) is 13.1. The summed E-state index contributed by atoms with van der Waals surface area (Å²) < 4.78 is 0. The van der Waals surface area contributed by atoms with Crippen molar-refractivity contribution >= 4 is 24.8 Å². The van der Waals surface area contributed by atoms with Gasteiger partial charge in [-0.3, -0.25) is 4.90 Å². The minimum absolute atomic E-state index is 0. The van der Waals surface area contributed by atoms with E-state index in [4.69, 9.17) is 0 Å². The minimum Gasteiger partial charge on any atom is -0.301 e. The van der Waals surface area contributed by atoms with Crippen LogP contribution in [0.3, 0.4) is 0 Å². The first-order chi connectivity index (χ1) is 17.0. The summed E-state index contributed by atoms with van der Waals surface area (Å²) in [6, 6.07) is 33.3. The average molecular weight is 539 g/mol. The van der Waals surface area contributed by atoms with Crippen molar-refractivity contribution < 1.29 is 0 Å². The molecule has 0 radical (unpaired) electrons. The van der Waals surface area contributed by atoms with Crippen molar-refractivity contribution in [3.8, 4) is 6.07 Å². The molecule has 0 saturated carbocycles. The van der Waals surface area contributed by atoms with Gasteiger partial charge >= 0.3 is 0 Å². The molecule has 4 rings (SSSR count). The summed E-state index contributed by atoms with van der Waals surface area (Å²) >= 11 is 0. The second kappa shape index (κ2) is 14.6. The largest absolute Gasteiger partial charge is 0.301 e. The van der Waals surface area contributed by atoms with Gasteiger partial charge in [0.2, 0.25) is 0 Å². The SMILES string of the molecule is Cc1ccccc1C(C#N)(CCCN1CCN(C(c2ccccc2)c2ccccc2)CC1)C(C)C.Cl.Cl. The van der Waals surface area contributed by atoms with Crippen molar-refractivity contribution in [1.29, 1.82) is 5.26 Å². The van der Waals surface area contributed by atoms with Crippen LogP contribution in [0.2, 0.25) is 0 Å². The zero-order chi connectivity index (χ0) is 24.7. The molecule has 5 heteroatoms. The number of benzene rings is 3. The zero-order valence-electron chi connectivity index (χ0n) is 22.3. The Labute approximate surface area is 236 Å². The van der Waals surface area contributed by atoms with Crippen LogP contribution in [0, 0.1) is 24.2 Å². The molecule has 1 heterocycles. The Hall–Kier alpha value is -2.35. The molecule has 0 bridgehead atoms. The summed E-state index contributed by atoms with van der Waals surface area (Å²) in [6.45, 7) is 11.8. The highest BCUT2D eigenvalue weighted by atomic mass is 35.5. The van der Waals surface area contributed by atoms with E-state index in [1.54, 1.807) is 0 Å². The van der Waals surface area contributed by atoms with Crippen LogP contribution in [-0.2, 0) is 5.41 Å². The van der Waals surface area contributed by atoms with E-state index in [1.807, 2.05) is 0 Å². The fourth-order valence-electron chi connectivity index (χ4n) is 5.76. The molecule has 0 spiro atoms. The van der Waals surface area contributed by atoms with E-state index in [2.05, 4.69) is 122 Å². The first-order valence-electron chi connectivity index (χ1n) is 13.1. The molecular formula is C32H41Cl2N3. The van der Waals surface area contributed by atoms with Gasteiger partial charge in [-0.25, -0.2) is 0 Å². The van der Waals surface area contributed by atoms with E-state index in [0.29, 0.717) is 6.04 Å². The highest BCUT2D eigenvalue weighted by Crippen LogP contribution is 2.38. The predicted molar refractivity (Wildman–Crippen MR) is 160 cm³/mol. The van der Waals surface area contributed by atoms with Crippen LogP contribution in [0.5, 0.6) is 0 Å². The normalized spacial score (nSPS) is 15.9. The number of rotatable bonds is 9. The second-order valence-corrected chi connectivity index (χ2v) is 10.3. The molecule has 1 aliphatic rings. The molecule has 3 aromatic carbocycles. The molecule has 0 aromatic heterocycles. The third-order valence-electron chi connectivity index (χ3n) is 7.86. The molecule has 3 aromatic rings. The van der Waals surface area contributed by atoms with Gasteiger partial charge in [0.05, 0.1) is 17.5 Å². The van der Waals surface area contributed by atoms with Gasteiger partial charge in [-0.1, -0.05) is 98.8 Å². The second-order valence-electron chi connectivity index (χ2n) is 10.3. The van der Waals surface area contributed by atoms with Crippen LogP contribution in [0.4, 0.5) is 0 Å². The maximum Gasteiger partial charge on any atom is 0.0848 e. The van der Waals surface area contributed by atoms with Crippen molar-refractivity contribution in [3.63, 3.8) is 0 Å².